The number of aryl methyl sites for hydroxylation is 2. The molecule has 1 aromatic rings. The van der Waals surface area contributed by atoms with Gasteiger partial charge in [0.15, 0.2) is 6.61 Å². The van der Waals surface area contributed by atoms with E-state index >= 15 is 0 Å². The van der Waals surface area contributed by atoms with Gasteiger partial charge in [-0.25, -0.2) is 0 Å². The van der Waals surface area contributed by atoms with Crippen LogP contribution < -0.4 is 15.6 Å². The molecule has 0 radical (unpaired) electrons. The molecule has 0 fully saturated rings. The summed E-state index contributed by atoms with van der Waals surface area (Å²) >= 11 is 0. The van der Waals surface area contributed by atoms with Crippen LogP contribution in [0.4, 0.5) is 0 Å². The zero-order valence-corrected chi connectivity index (χ0v) is 12.4. The van der Waals surface area contributed by atoms with Crippen molar-refractivity contribution in [3.8, 4) is 5.75 Å². The van der Waals surface area contributed by atoms with E-state index in [9.17, 15) is 9.59 Å². The van der Waals surface area contributed by atoms with E-state index in [1.54, 1.807) is 0 Å². The van der Waals surface area contributed by atoms with Gasteiger partial charge in [0.25, 0.3) is 5.91 Å². The third-order valence-corrected chi connectivity index (χ3v) is 2.64. The fourth-order valence-corrected chi connectivity index (χ4v) is 1.60. The van der Waals surface area contributed by atoms with Crippen molar-refractivity contribution in [2.45, 2.75) is 34.1 Å². The minimum Gasteiger partial charge on any atom is -0.483 e. The van der Waals surface area contributed by atoms with Gasteiger partial charge < -0.3 is 4.74 Å². The number of hydrogen-bond donors (Lipinski definition) is 2. The fraction of sp³-hybridized carbons (Fsp3) is 0.467. The van der Waals surface area contributed by atoms with Gasteiger partial charge in [-0.1, -0.05) is 26.0 Å². The number of hydrogen-bond acceptors (Lipinski definition) is 3. The van der Waals surface area contributed by atoms with Crippen molar-refractivity contribution in [2.75, 3.05) is 6.61 Å². The Balaban J connectivity index is 2.36. The van der Waals surface area contributed by atoms with Gasteiger partial charge in [-0.15, -0.1) is 0 Å². The molecule has 0 saturated carbocycles. The molecule has 0 aliphatic rings. The van der Waals surface area contributed by atoms with E-state index < -0.39 is 0 Å². The number of hydrazine groups is 1. The van der Waals surface area contributed by atoms with E-state index in [0.29, 0.717) is 12.2 Å². The lowest BCUT2D eigenvalue weighted by Gasteiger charge is -2.11. The normalized spacial score (nSPS) is 10.2. The molecule has 0 bridgehead atoms. The number of rotatable bonds is 5. The maximum absolute atomic E-state index is 11.6. The van der Waals surface area contributed by atoms with E-state index in [-0.39, 0.29) is 24.3 Å². The molecule has 2 N–H and O–H groups in total. The minimum absolute atomic E-state index is 0.133. The van der Waals surface area contributed by atoms with Crippen LogP contribution in [-0.2, 0) is 9.59 Å². The first-order chi connectivity index (χ1) is 9.38. The zero-order chi connectivity index (χ0) is 15.1. The van der Waals surface area contributed by atoms with E-state index in [1.165, 1.54) is 0 Å². The largest absolute Gasteiger partial charge is 0.483 e. The Morgan fingerprint density at radius 3 is 2.45 bits per heavy atom. The molecular weight excluding hydrogens is 256 g/mol. The topological polar surface area (TPSA) is 67.4 Å². The maximum Gasteiger partial charge on any atom is 0.276 e. The first kappa shape index (κ1) is 16.0. The Kier molecular flexibility index (Phi) is 6.03. The second-order valence-corrected chi connectivity index (χ2v) is 5.25. The van der Waals surface area contributed by atoms with Crippen molar-refractivity contribution >= 4 is 11.8 Å². The monoisotopic (exact) mass is 278 g/mol. The van der Waals surface area contributed by atoms with E-state index in [0.717, 1.165) is 11.1 Å². The Morgan fingerprint density at radius 1 is 1.15 bits per heavy atom. The van der Waals surface area contributed by atoms with E-state index in [1.807, 2.05) is 45.9 Å². The molecule has 0 saturated heterocycles. The summed E-state index contributed by atoms with van der Waals surface area (Å²) < 4.78 is 5.43. The molecule has 5 nitrogen and oxygen atoms in total. The number of benzene rings is 1. The Bertz CT molecular complexity index is 484. The number of ether oxygens (including phenoxy) is 1. The predicted molar refractivity (Wildman–Crippen MR) is 77.2 cm³/mol. The van der Waals surface area contributed by atoms with Gasteiger partial charge in [0, 0.05) is 6.42 Å². The van der Waals surface area contributed by atoms with Gasteiger partial charge >= 0.3 is 0 Å². The van der Waals surface area contributed by atoms with Crippen LogP contribution in [0.15, 0.2) is 18.2 Å². The average Bonchev–Trinajstić information content (AvgIpc) is 2.36. The molecule has 1 rings (SSSR count). The van der Waals surface area contributed by atoms with Crippen molar-refractivity contribution in [3.05, 3.63) is 29.3 Å². The summed E-state index contributed by atoms with van der Waals surface area (Å²) in [6.45, 7) is 7.61. The summed E-state index contributed by atoms with van der Waals surface area (Å²) in [6.07, 6.45) is 0.373. The van der Waals surface area contributed by atoms with Gasteiger partial charge in [0.2, 0.25) is 5.91 Å². The molecule has 110 valence electrons. The lowest BCUT2D eigenvalue weighted by atomic mass is 10.1. The first-order valence-electron chi connectivity index (χ1n) is 6.66. The van der Waals surface area contributed by atoms with Crippen LogP contribution in [0, 0.1) is 19.8 Å². The number of amides is 2. The van der Waals surface area contributed by atoms with Crippen molar-refractivity contribution in [1.82, 2.24) is 10.9 Å². The third kappa shape index (κ3) is 5.73. The van der Waals surface area contributed by atoms with Gasteiger partial charge in [0.1, 0.15) is 5.75 Å². The molecule has 0 spiro atoms. The van der Waals surface area contributed by atoms with Crippen LogP contribution in [0.1, 0.15) is 31.4 Å². The molecule has 20 heavy (non-hydrogen) atoms. The Labute approximate surface area is 119 Å². The molecule has 0 aliphatic heterocycles. The van der Waals surface area contributed by atoms with Crippen LogP contribution in [0.3, 0.4) is 0 Å². The van der Waals surface area contributed by atoms with Crippen LogP contribution in [0.25, 0.3) is 0 Å². The molecule has 0 aliphatic carbocycles. The summed E-state index contributed by atoms with van der Waals surface area (Å²) in [4.78, 5) is 22.9. The second kappa shape index (κ2) is 7.53. The predicted octanol–water partition coefficient (Wildman–Crippen LogP) is 1.88. The van der Waals surface area contributed by atoms with Crippen LogP contribution >= 0.6 is 0 Å². The molecule has 0 unspecified atom stereocenters. The second-order valence-electron chi connectivity index (χ2n) is 5.25. The summed E-state index contributed by atoms with van der Waals surface area (Å²) in [7, 11) is 0. The zero-order valence-electron chi connectivity index (χ0n) is 12.4. The summed E-state index contributed by atoms with van der Waals surface area (Å²) in [5, 5.41) is 0. The highest BCUT2D eigenvalue weighted by atomic mass is 16.5. The minimum atomic E-state index is -0.386. The van der Waals surface area contributed by atoms with Crippen LogP contribution in [0.5, 0.6) is 5.75 Å². The molecule has 0 atom stereocenters. The fourth-order valence-electron chi connectivity index (χ4n) is 1.60. The maximum atomic E-state index is 11.6. The Morgan fingerprint density at radius 2 is 1.80 bits per heavy atom. The van der Waals surface area contributed by atoms with Gasteiger partial charge in [0.05, 0.1) is 0 Å². The van der Waals surface area contributed by atoms with Crippen molar-refractivity contribution in [3.63, 3.8) is 0 Å². The lowest BCUT2D eigenvalue weighted by Crippen LogP contribution is -2.44. The first-order valence-corrected chi connectivity index (χ1v) is 6.66. The Hall–Kier alpha value is -2.04. The smallest absolute Gasteiger partial charge is 0.276 e. The molecule has 1 aromatic carbocycles. The highest BCUT2D eigenvalue weighted by Crippen LogP contribution is 2.18. The highest BCUT2D eigenvalue weighted by molar-refractivity contribution is 5.82. The van der Waals surface area contributed by atoms with Crippen molar-refractivity contribution in [2.24, 2.45) is 5.92 Å². The van der Waals surface area contributed by atoms with E-state index in [2.05, 4.69) is 10.9 Å². The SMILES string of the molecule is Cc1ccc(C)c(OCC(=O)NNC(=O)CC(C)C)c1. The molecule has 0 heterocycles. The molecule has 5 heteroatoms. The molecule has 2 amide bonds. The van der Waals surface area contributed by atoms with Gasteiger partial charge in [-0.3, -0.25) is 20.4 Å². The van der Waals surface area contributed by atoms with Crippen LogP contribution in [0.2, 0.25) is 0 Å². The highest BCUT2D eigenvalue weighted by Gasteiger charge is 2.08. The summed E-state index contributed by atoms with van der Waals surface area (Å²) in [5.74, 6) is 0.329. The van der Waals surface area contributed by atoms with Gasteiger partial charge in [-0.05, 0) is 37.0 Å². The number of nitrogens with one attached hydrogen (secondary N) is 2. The summed E-state index contributed by atoms with van der Waals surface area (Å²) in [5.41, 5.74) is 6.72. The van der Waals surface area contributed by atoms with Crippen molar-refractivity contribution in [1.29, 1.82) is 0 Å². The van der Waals surface area contributed by atoms with Crippen LogP contribution in [-0.4, -0.2) is 18.4 Å². The average molecular weight is 278 g/mol. The quantitative estimate of drug-likeness (QED) is 0.808. The molecular formula is C15H22N2O3. The number of carbonyl (C=O) groups excluding carboxylic acids is 2. The number of carbonyl (C=O) groups is 2. The lowest BCUT2D eigenvalue weighted by molar-refractivity contribution is -0.130. The van der Waals surface area contributed by atoms with Gasteiger partial charge in [-0.2, -0.15) is 0 Å². The molecule has 0 aromatic heterocycles. The van der Waals surface area contributed by atoms with E-state index in [4.69, 9.17) is 4.74 Å². The van der Waals surface area contributed by atoms with Crippen molar-refractivity contribution < 1.29 is 14.3 Å². The summed E-state index contributed by atoms with van der Waals surface area (Å²) in [6, 6.07) is 5.79. The third-order valence-electron chi connectivity index (χ3n) is 2.64. The standard InChI is InChI=1S/C15H22N2O3/c1-10(2)7-14(18)16-17-15(19)9-20-13-8-11(3)5-6-12(13)4/h5-6,8,10H,7,9H2,1-4H3,(H,16,18)(H,17,19).